The number of hydrogen-bond donors (Lipinski definition) is 3. The third-order valence-corrected chi connectivity index (χ3v) is 4.25. The molecule has 0 spiro atoms. The molecule has 0 aromatic carbocycles. The molecule has 0 saturated carbocycles. The third-order valence-electron chi connectivity index (χ3n) is 1.91. The SMILES string of the molecule is NC(=O)C[C@@H](NC(=O)c1cc(Br)sc1Br)C(=O)O. The van der Waals surface area contributed by atoms with Crippen LogP contribution in [0.25, 0.3) is 0 Å². The van der Waals surface area contributed by atoms with Gasteiger partial charge >= 0.3 is 5.97 Å². The van der Waals surface area contributed by atoms with E-state index in [9.17, 15) is 14.4 Å². The van der Waals surface area contributed by atoms with Crippen LogP contribution >= 0.6 is 43.2 Å². The number of carboxylic acids is 1. The minimum Gasteiger partial charge on any atom is -0.480 e. The van der Waals surface area contributed by atoms with Crippen LogP contribution in [-0.2, 0) is 9.59 Å². The fourth-order valence-electron chi connectivity index (χ4n) is 1.13. The topological polar surface area (TPSA) is 109 Å². The molecule has 0 bridgehead atoms. The number of amides is 2. The van der Waals surface area contributed by atoms with Crippen molar-refractivity contribution in [2.45, 2.75) is 12.5 Å². The second-order valence-electron chi connectivity index (χ2n) is 3.27. The average Bonchev–Trinajstić information content (AvgIpc) is 2.56. The summed E-state index contributed by atoms with van der Waals surface area (Å²) in [5.41, 5.74) is 5.21. The highest BCUT2D eigenvalue weighted by atomic mass is 79.9. The molecule has 0 saturated heterocycles. The van der Waals surface area contributed by atoms with Crippen LogP contribution in [0.4, 0.5) is 0 Å². The van der Waals surface area contributed by atoms with Crippen LogP contribution in [0.2, 0.25) is 0 Å². The zero-order chi connectivity index (χ0) is 13.9. The molecule has 1 atom stereocenters. The highest BCUT2D eigenvalue weighted by Crippen LogP contribution is 2.31. The standard InChI is InChI=1S/C9H8Br2N2O4S/c10-5-1-3(7(11)18-5)8(15)13-4(9(16)17)2-6(12)14/h1,4H,2H2,(H2,12,14)(H,13,15)(H,16,17)/t4-/m1/s1. The molecule has 1 heterocycles. The smallest absolute Gasteiger partial charge is 0.326 e. The lowest BCUT2D eigenvalue weighted by atomic mass is 10.2. The lowest BCUT2D eigenvalue weighted by Crippen LogP contribution is -2.43. The van der Waals surface area contributed by atoms with Crippen LogP contribution in [0.15, 0.2) is 13.6 Å². The maximum absolute atomic E-state index is 11.8. The van der Waals surface area contributed by atoms with E-state index in [-0.39, 0.29) is 0 Å². The first kappa shape index (κ1) is 15.1. The molecule has 6 nitrogen and oxygen atoms in total. The molecule has 18 heavy (non-hydrogen) atoms. The van der Waals surface area contributed by atoms with Gasteiger partial charge < -0.3 is 16.2 Å². The fraction of sp³-hybridized carbons (Fsp3) is 0.222. The Morgan fingerprint density at radius 2 is 2.06 bits per heavy atom. The summed E-state index contributed by atoms with van der Waals surface area (Å²) in [4.78, 5) is 33.4. The Labute approximate surface area is 123 Å². The van der Waals surface area contributed by atoms with E-state index in [1.165, 1.54) is 11.3 Å². The second kappa shape index (κ2) is 6.30. The quantitative estimate of drug-likeness (QED) is 0.693. The summed E-state index contributed by atoms with van der Waals surface area (Å²) in [5, 5.41) is 11.1. The summed E-state index contributed by atoms with van der Waals surface area (Å²) in [6.07, 6.45) is -0.454. The molecule has 0 radical (unpaired) electrons. The molecule has 1 aromatic heterocycles. The summed E-state index contributed by atoms with van der Waals surface area (Å²) in [6, 6.07) is 0.216. The Kier molecular flexibility index (Phi) is 5.29. The first-order valence-corrected chi connectivity index (χ1v) is 6.98. The third kappa shape index (κ3) is 4.07. The zero-order valence-electron chi connectivity index (χ0n) is 8.78. The largest absolute Gasteiger partial charge is 0.480 e. The van der Waals surface area contributed by atoms with Gasteiger partial charge in [-0.1, -0.05) is 0 Å². The summed E-state index contributed by atoms with van der Waals surface area (Å²) in [6.45, 7) is 0. The summed E-state index contributed by atoms with van der Waals surface area (Å²) < 4.78 is 1.29. The van der Waals surface area contributed by atoms with Gasteiger partial charge in [0.1, 0.15) is 6.04 Å². The Bertz CT molecular complexity index is 503. The molecular formula is C9H8Br2N2O4S. The van der Waals surface area contributed by atoms with E-state index in [1.54, 1.807) is 6.07 Å². The molecule has 4 N–H and O–H groups in total. The second-order valence-corrected chi connectivity index (χ2v) is 7.02. The van der Waals surface area contributed by atoms with E-state index in [0.717, 1.165) is 3.79 Å². The Hall–Kier alpha value is -0.930. The van der Waals surface area contributed by atoms with Gasteiger partial charge in [0.25, 0.3) is 5.91 Å². The lowest BCUT2D eigenvalue weighted by Gasteiger charge is -2.12. The van der Waals surface area contributed by atoms with Crippen molar-refractivity contribution in [2.24, 2.45) is 5.73 Å². The highest BCUT2D eigenvalue weighted by molar-refractivity contribution is 9.12. The van der Waals surface area contributed by atoms with Crippen molar-refractivity contribution in [3.05, 3.63) is 19.2 Å². The lowest BCUT2D eigenvalue weighted by molar-refractivity contribution is -0.140. The van der Waals surface area contributed by atoms with Crippen molar-refractivity contribution in [3.8, 4) is 0 Å². The van der Waals surface area contributed by atoms with Gasteiger partial charge in [0.05, 0.1) is 19.6 Å². The first-order valence-electron chi connectivity index (χ1n) is 4.58. The molecule has 0 aliphatic rings. The van der Waals surface area contributed by atoms with E-state index < -0.39 is 30.2 Å². The van der Waals surface area contributed by atoms with Crippen molar-refractivity contribution in [2.75, 3.05) is 0 Å². The minimum absolute atomic E-state index is 0.294. The predicted octanol–water partition coefficient (Wildman–Crippen LogP) is 1.33. The van der Waals surface area contributed by atoms with Gasteiger partial charge in [0.2, 0.25) is 5.91 Å². The number of primary amides is 1. The number of carbonyl (C=O) groups excluding carboxylic acids is 2. The zero-order valence-corrected chi connectivity index (χ0v) is 12.8. The van der Waals surface area contributed by atoms with Crippen LogP contribution in [0.1, 0.15) is 16.8 Å². The normalized spacial score (nSPS) is 11.9. The molecular weight excluding hydrogens is 392 g/mol. The van der Waals surface area contributed by atoms with Gasteiger partial charge in [0, 0.05) is 0 Å². The van der Waals surface area contributed by atoms with Gasteiger partial charge in [-0.2, -0.15) is 0 Å². The number of thiophene rings is 1. The Morgan fingerprint density at radius 3 is 2.44 bits per heavy atom. The number of rotatable bonds is 5. The van der Waals surface area contributed by atoms with Crippen LogP contribution in [0.3, 0.4) is 0 Å². The number of carboxylic acid groups (broad SMARTS) is 1. The van der Waals surface area contributed by atoms with Gasteiger partial charge in [-0.25, -0.2) is 4.79 Å². The van der Waals surface area contributed by atoms with Gasteiger partial charge in [0.15, 0.2) is 0 Å². The number of nitrogens with two attached hydrogens (primary N) is 1. The molecule has 98 valence electrons. The van der Waals surface area contributed by atoms with E-state index in [0.29, 0.717) is 9.35 Å². The maximum Gasteiger partial charge on any atom is 0.326 e. The fourth-order valence-corrected chi connectivity index (χ4v) is 3.93. The number of hydrogen-bond acceptors (Lipinski definition) is 4. The molecule has 0 aliphatic heterocycles. The minimum atomic E-state index is -1.33. The van der Waals surface area contributed by atoms with Crippen molar-refractivity contribution in [3.63, 3.8) is 0 Å². The molecule has 0 fully saturated rings. The van der Waals surface area contributed by atoms with Gasteiger partial charge in [-0.05, 0) is 37.9 Å². The monoisotopic (exact) mass is 398 g/mol. The molecule has 1 rings (SSSR count). The van der Waals surface area contributed by atoms with Crippen LogP contribution < -0.4 is 11.1 Å². The molecule has 0 unspecified atom stereocenters. The van der Waals surface area contributed by atoms with Gasteiger partial charge in [-0.3, -0.25) is 9.59 Å². The molecule has 2 amide bonds. The number of nitrogens with one attached hydrogen (secondary N) is 1. The maximum atomic E-state index is 11.8. The van der Waals surface area contributed by atoms with Gasteiger partial charge in [-0.15, -0.1) is 11.3 Å². The van der Waals surface area contributed by atoms with Crippen LogP contribution in [0.5, 0.6) is 0 Å². The molecule has 1 aromatic rings. The first-order chi connectivity index (χ1) is 8.31. The Morgan fingerprint density at radius 1 is 1.44 bits per heavy atom. The highest BCUT2D eigenvalue weighted by Gasteiger charge is 2.24. The number of aliphatic carboxylic acids is 1. The van der Waals surface area contributed by atoms with Crippen molar-refractivity contribution >= 4 is 61.0 Å². The van der Waals surface area contributed by atoms with E-state index >= 15 is 0 Å². The van der Waals surface area contributed by atoms with E-state index in [1.807, 2.05) is 0 Å². The van der Waals surface area contributed by atoms with Crippen LogP contribution in [0, 0.1) is 0 Å². The van der Waals surface area contributed by atoms with Crippen molar-refractivity contribution < 1.29 is 19.5 Å². The van der Waals surface area contributed by atoms with E-state index in [4.69, 9.17) is 10.8 Å². The molecule has 9 heteroatoms. The van der Waals surface area contributed by atoms with Crippen LogP contribution in [-0.4, -0.2) is 28.9 Å². The average molecular weight is 400 g/mol. The molecule has 0 aliphatic carbocycles. The summed E-state index contributed by atoms with van der Waals surface area (Å²) in [5.74, 6) is -2.70. The van der Waals surface area contributed by atoms with Crippen molar-refractivity contribution in [1.29, 1.82) is 0 Å². The number of carbonyl (C=O) groups is 3. The number of halogens is 2. The van der Waals surface area contributed by atoms with Crippen molar-refractivity contribution in [1.82, 2.24) is 5.32 Å². The summed E-state index contributed by atoms with van der Waals surface area (Å²) >= 11 is 7.67. The predicted molar refractivity (Wildman–Crippen MR) is 72.4 cm³/mol. The Balaban J connectivity index is 2.81. The summed E-state index contributed by atoms with van der Waals surface area (Å²) in [7, 11) is 0. The van der Waals surface area contributed by atoms with E-state index in [2.05, 4.69) is 37.2 Å².